The number of hydrogen-bond donors (Lipinski definition) is 0. The molecular weight excluding hydrogens is 440 g/mol. The average Bonchev–Trinajstić information content (AvgIpc) is 3.11. The summed E-state index contributed by atoms with van der Waals surface area (Å²) in [5, 5.41) is -0.407. The molecule has 33 heavy (non-hydrogen) atoms. The summed E-state index contributed by atoms with van der Waals surface area (Å²) in [5.74, 6) is 0.886. The first kappa shape index (κ1) is 22.9. The number of carbonyl (C=O) groups excluding carboxylic acids is 3. The minimum atomic E-state index is -0.422. The SMILES string of the molecule is O=C(CN1C(=O)S/C(=C\c2ccc(OCCOc3ccccc3)cc2)C1=O)N1CCCCC1. The molecule has 2 aliphatic heterocycles. The van der Waals surface area contributed by atoms with Gasteiger partial charge in [-0.2, -0.15) is 0 Å². The number of rotatable bonds is 8. The van der Waals surface area contributed by atoms with Crippen molar-refractivity contribution >= 4 is 34.9 Å². The standard InChI is InChI=1S/C25H26N2O5S/c28-23(26-13-5-2-6-14-26)18-27-24(29)22(33-25(27)30)17-19-9-11-21(12-10-19)32-16-15-31-20-7-3-1-4-8-20/h1,3-4,7-12,17H,2,5-6,13-16,18H2/b22-17-. The van der Waals surface area contributed by atoms with Crippen LogP contribution in [0.3, 0.4) is 0 Å². The van der Waals surface area contributed by atoms with Crippen LogP contribution in [-0.2, 0) is 9.59 Å². The number of ether oxygens (including phenoxy) is 2. The second kappa shape index (κ2) is 11.0. The molecular formula is C25H26N2O5S. The van der Waals surface area contributed by atoms with E-state index in [2.05, 4.69) is 0 Å². The Balaban J connectivity index is 1.28. The highest BCUT2D eigenvalue weighted by Gasteiger charge is 2.37. The van der Waals surface area contributed by atoms with Gasteiger partial charge >= 0.3 is 0 Å². The third kappa shape index (κ3) is 6.16. The molecule has 2 heterocycles. The van der Waals surface area contributed by atoms with E-state index in [9.17, 15) is 14.4 Å². The summed E-state index contributed by atoms with van der Waals surface area (Å²) in [6.07, 6.45) is 4.71. The largest absolute Gasteiger partial charge is 0.490 e. The molecule has 2 aromatic rings. The van der Waals surface area contributed by atoms with E-state index in [0.29, 0.717) is 37.0 Å². The third-order valence-electron chi connectivity index (χ3n) is 5.42. The topological polar surface area (TPSA) is 76.1 Å². The Morgan fingerprint density at radius 1 is 0.879 bits per heavy atom. The van der Waals surface area contributed by atoms with E-state index in [1.54, 1.807) is 23.1 Å². The molecule has 7 nitrogen and oxygen atoms in total. The lowest BCUT2D eigenvalue weighted by Gasteiger charge is -2.27. The van der Waals surface area contributed by atoms with Crippen molar-refractivity contribution in [3.63, 3.8) is 0 Å². The first-order valence-electron chi connectivity index (χ1n) is 11.0. The van der Waals surface area contributed by atoms with Gasteiger partial charge in [0.2, 0.25) is 5.91 Å². The number of nitrogens with zero attached hydrogens (tertiary/aromatic N) is 2. The number of carbonyl (C=O) groups is 3. The number of para-hydroxylation sites is 1. The predicted octanol–water partition coefficient (Wildman–Crippen LogP) is 4.19. The fraction of sp³-hybridized carbons (Fsp3) is 0.320. The molecule has 2 aromatic carbocycles. The van der Waals surface area contributed by atoms with Gasteiger partial charge in [0.25, 0.3) is 11.1 Å². The summed E-state index contributed by atoms with van der Waals surface area (Å²) in [7, 11) is 0. The van der Waals surface area contributed by atoms with Crippen LogP contribution in [0.15, 0.2) is 59.5 Å². The van der Waals surface area contributed by atoms with Gasteiger partial charge in [0.15, 0.2) is 0 Å². The number of thioether (sulfide) groups is 1. The summed E-state index contributed by atoms with van der Waals surface area (Å²) in [5.41, 5.74) is 0.774. The molecule has 0 N–H and O–H groups in total. The maximum absolute atomic E-state index is 12.7. The van der Waals surface area contributed by atoms with Gasteiger partial charge in [-0.1, -0.05) is 30.3 Å². The Kier molecular flexibility index (Phi) is 7.67. The van der Waals surface area contributed by atoms with E-state index < -0.39 is 11.1 Å². The Hall–Kier alpha value is -3.26. The highest BCUT2D eigenvalue weighted by Crippen LogP contribution is 2.32. The highest BCUT2D eigenvalue weighted by molar-refractivity contribution is 8.18. The molecule has 0 bridgehead atoms. The van der Waals surface area contributed by atoms with Crippen molar-refractivity contribution in [1.82, 2.24) is 9.80 Å². The number of piperidine rings is 1. The minimum absolute atomic E-state index is 0.170. The monoisotopic (exact) mass is 466 g/mol. The number of amides is 3. The van der Waals surface area contributed by atoms with E-state index in [1.165, 1.54) is 0 Å². The van der Waals surface area contributed by atoms with Crippen molar-refractivity contribution in [2.45, 2.75) is 19.3 Å². The molecule has 2 fully saturated rings. The molecule has 0 aromatic heterocycles. The lowest BCUT2D eigenvalue weighted by Crippen LogP contribution is -2.44. The van der Waals surface area contributed by atoms with Crippen LogP contribution in [-0.4, -0.2) is 59.7 Å². The van der Waals surface area contributed by atoms with Gasteiger partial charge in [-0.25, -0.2) is 0 Å². The molecule has 4 rings (SSSR count). The Morgan fingerprint density at radius 2 is 1.52 bits per heavy atom. The van der Waals surface area contributed by atoms with Crippen molar-refractivity contribution in [3.05, 3.63) is 65.1 Å². The summed E-state index contributed by atoms with van der Waals surface area (Å²) >= 11 is 0.864. The first-order chi connectivity index (χ1) is 16.1. The summed E-state index contributed by atoms with van der Waals surface area (Å²) < 4.78 is 11.3. The van der Waals surface area contributed by atoms with E-state index in [0.717, 1.165) is 47.2 Å². The number of benzene rings is 2. The molecule has 172 valence electrons. The molecule has 0 spiro atoms. The maximum Gasteiger partial charge on any atom is 0.294 e. The molecule has 3 amide bonds. The van der Waals surface area contributed by atoms with Gasteiger partial charge in [-0.15, -0.1) is 0 Å². The highest BCUT2D eigenvalue weighted by atomic mass is 32.2. The van der Waals surface area contributed by atoms with E-state index in [4.69, 9.17) is 9.47 Å². The molecule has 0 unspecified atom stereocenters. The Labute approximate surface area is 197 Å². The number of hydrogen-bond acceptors (Lipinski definition) is 6. The van der Waals surface area contributed by atoms with Crippen LogP contribution in [0, 0.1) is 0 Å². The van der Waals surface area contributed by atoms with Gasteiger partial charge in [0.1, 0.15) is 31.3 Å². The summed E-state index contributed by atoms with van der Waals surface area (Å²) in [6.45, 7) is 2.02. The second-order valence-electron chi connectivity index (χ2n) is 7.79. The molecule has 8 heteroatoms. The molecule has 0 aliphatic carbocycles. The zero-order valence-corrected chi connectivity index (χ0v) is 19.1. The van der Waals surface area contributed by atoms with Gasteiger partial charge in [0, 0.05) is 13.1 Å². The van der Waals surface area contributed by atoms with Crippen LogP contribution in [0.4, 0.5) is 4.79 Å². The van der Waals surface area contributed by atoms with E-state index in [1.807, 2.05) is 42.5 Å². The van der Waals surface area contributed by atoms with Crippen molar-refractivity contribution in [1.29, 1.82) is 0 Å². The Bertz CT molecular complexity index is 1020. The van der Waals surface area contributed by atoms with Crippen LogP contribution in [0.1, 0.15) is 24.8 Å². The van der Waals surface area contributed by atoms with Crippen molar-refractivity contribution in [2.24, 2.45) is 0 Å². The smallest absolute Gasteiger partial charge is 0.294 e. The van der Waals surface area contributed by atoms with Crippen molar-refractivity contribution in [2.75, 3.05) is 32.8 Å². The van der Waals surface area contributed by atoms with Crippen LogP contribution in [0.5, 0.6) is 11.5 Å². The number of imide groups is 1. The van der Waals surface area contributed by atoms with Gasteiger partial charge in [-0.05, 0) is 66.9 Å². The molecule has 2 aliphatic rings. The van der Waals surface area contributed by atoms with Crippen LogP contribution in [0.25, 0.3) is 6.08 Å². The zero-order valence-electron chi connectivity index (χ0n) is 18.3. The zero-order chi connectivity index (χ0) is 23.0. The normalized spacial score (nSPS) is 17.5. The quantitative estimate of drug-likeness (QED) is 0.429. The maximum atomic E-state index is 12.7. The van der Waals surface area contributed by atoms with Gasteiger partial charge < -0.3 is 14.4 Å². The average molecular weight is 467 g/mol. The molecule has 0 radical (unpaired) electrons. The fourth-order valence-corrected chi connectivity index (χ4v) is 4.50. The minimum Gasteiger partial charge on any atom is -0.490 e. The van der Waals surface area contributed by atoms with Crippen molar-refractivity contribution < 1.29 is 23.9 Å². The fourth-order valence-electron chi connectivity index (χ4n) is 3.66. The van der Waals surface area contributed by atoms with Gasteiger partial charge in [-0.3, -0.25) is 19.3 Å². The van der Waals surface area contributed by atoms with Crippen LogP contribution < -0.4 is 9.47 Å². The first-order valence-corrected chi connectivity index (χ1v) is 11.9. The predicted molar refractivity (Wildman–Crippen MR) is 127 cm³/mol. The molecule has 2 saturated heterocycles. The molecule has 0 atom stereocenters. The van der Waals surface area contributed by atoms with E-state index >= 15 is 0 Å². The molecule has 0 saturated carbocycles. The Morgan fingerprint density at radius 3 is 2.18 bits per heavy atom. The van der Waals surface area contributed by atoms with Crippen molar-refractivity contribution in [3.8, 4) is 11.5 Å². The van der Waals surface area contributed by atoms with Gasteiger partial charge in [0.05, 0.1) is 4.91 Å². The lowest BCUT2D eigenvalue weighted by atomic mass is 10.1. The third-order valence-corrected chi connectivity index (χ3v) is 6.32. The van der Waals surface area contributed by atoms with Crippen LogP contribution >= 0.6 is 11.8 Å². The van der Waals surface area contributed by atoms with E-state index in [-0.39, 0.29) is 12.5 Å². The lowest BCUT2D eigenvalue weighted by molar-refractivity contribution is -0.136. The summed E-state index contributed by atoms with van der Waals surface area (Å²) in [4.78, 5) is 40.6. The number of likely N-dealkylation sites (tertiary alicyclic amines) is 1. The second-order valence-corrected chi connectivity index (χ2v) is 8.78. The van der Waals surface area contributed by atoms with Crippen LogP contribution in [0.2, 0.25) is 0 Å². The summed E-state index contributed by atoms with van der Waals surface area (Å²) in [6, 6.07) is 16.8.